The Morgan fingerprint density at radius 1 is 0.778 bits per heavy atom. The second-order valence-electron chi connectivity index (χ2n) is 10.8. The Bertz CT molecular complexity index is 1800. The van der Waals surface area contributed by atoms with Gasteiger partial charge in [-0.1, -0.05) is 29.3 Å². The third-order valence-corrected chi connectivity index (χ3v) is 7.64. The maximum atomic E-state index is 5.99. The van der Waals surface area contributed by atoms with Crippen LogP contribution in [0.3, 0.4) is 0 Å². The van der Waals surface area contributed by atoms with E-state index in [4.69, 9.17) is 4.42 Å². The van der Waals surface area contributed by atoms with Gasteiger partial charge >= 0.3 is 0 Å². The SMILES string of the molecule is CN1C=CN(c2[c-]ccc3c2oc2ccccc23)[CH-]1.[Ir].[c-]1ccccc1N1C=CN(CCCN2[CH-][N+](c3[c-]cccc3)=CC2)[CH-]1. The van der Waals surface area contributed by atoms with Gasteiger partial charge < -0.3 is 28.6 Å². The maximum Gasteiger partial charge on any atom is 0.117 e. The van der Waals surface area contributed by atoms with E-state index in [1.54, 1.807) is 0 Å². The van der Waals surface area contributed by atoms with Crippen LogP contribution in [-0.2, 0) is 20.1 Å². The first-order chi connectivity index (χ1) is 21.7. The molecule has 3 aliphatic rings. The van der Waals surface area contributed by atoms with Gasteiger partial charge in [-0.2, -0.15) is 92.2 Å². The minimum atomic E-state index is 0. The number of benzene rings is 4. The van der Waals surface area contributed by atoms with E-state index in [0.29, 0.717) is 0 Å². The van der Waals surface area contributed by atoms with Gasteiger partial charge in [-0.15, -0.1) is 5.69 Å². The van der Waals surface area contributed by atoms with Gasteiger partial charge in [0.15, 0.2) is 0 Å². The minimum Gasteiger partial charge on any atom is -0.514 e. The van der Waals surface area contributed by atoms with Crippen LogP contribution in [0.15, 0.2) is 114 Å². The van der Waals surface area contributed by atoms with Crippen molar-refractivity contribution in [2.45, 2.75) is 6.42 Å². The van der Waals surface area contributed by atoms with E-state index in [2.05, 4.69) is 87.6 Å². The second kappa shape index (κ2) is 14.1. The van der Waals surface area contributed by atoms with Crippen molar-refractivity contribution in [1.29, 1.82) is 0 Å². The molecule has 0 atom stereocenters. The molecule has 0 saturated heterocycles. The maximum absolute atomic E-state index is 5.99. The van der Waals surface area contributed by atoms with Crippen molar-refractivity contribution in [1.82, 2.24) is 14.7 Å². The van der Waals surface area contributed by atoms with Crippen molar-refractivity contribution >= 4 is 45.2 Å². The van der Waals surface area contributed by atoms with Crippen LogP contribution in [0, 0.1) is 38.2 Å². The van der Waals surface area contributed by atoms with E-state index in [0.717, 1.165) is 65.1 Å². The summed E-state index contributed by atoms with van der Waals surface area (Å²) in [5.74, 6) is 0. The standard InChI is InChI=1S/C21H21N4.C16H12N2O.Ir/c1-3-8-20(9-4-1)24-16-14-22(18-24)12-7-13-23-15-17-25(19-23)21-10-5-2-6-11-21;1-17-9-10-18(11-17)14-7-4-6-13-12-5-2-3-8-15(12)19-16(13)14;/h1-6,8,10,14,16-19H,7,12-13,15H2;2-6,8-11H,1H3;/q-3;-2;. The fourth-order valence-electron chi connectivity index (χ4n) is 5.44. The molecular weight excluding hydrogens is 737 g/mol. The molecule has 0 fully saturated rings. The average molecular weight is 770 g/mol. The predicted molar refractivity (Wildman–Crippen MR) is 176 cm³/mol. The fraction of sp³-hybridized carbons (Fsp3) is 0.135. The normalized spacial score (nSPS) is 15.8. The molecular formula is C37H33IrN6O-5. The summed E-state index contributed by atoms with van der Waals surface area (Å²) in [6, 6.07) is 37.9. The Kier molecular flexibility index (Phi) is 9.55. The molecule has 7 nitrogen and oxygen atoms in total. The third kappa shape index (κ3) is 6.94. The van der Waals surface area contributed by atoms with Crippen LogP contribution < -0.4 is 9.80 Å². The zero-order chi connectivity index (χ0) is 29.7. The number of hydrogen-bond acceptors (Lipinski definition) is 6. The van der Waals surface area contributed by atoms with Gasteiger partial charge in [-0.05, 0) is 63.1 Å². The number of para-hydroxylation sites is 3. The molecule has 0 aliphatic carbocycles. The van der Waals surface area contributed by atoms with Gasteiger partial charge in [0.2, 0.25) is 0 Å². The van der Waals surface area contributed by atoms with Gasteiger partial charge in [0.05, 0.1) is 6.21 Å². The Morgan fingerprint density at radius 3 is 2.40 bits per heavy atom. The summed E-state index contributed by atoms with van der Waals surface area (Å²) in [5.41, 5.74) is 4.89. The van der Waals surface area contributed by atoms with Crippen LogP contribution in [0.2, 0.25) is 0 Å². The number of nitrogens with zero attached hydrogens (tertiary/aromatic N) is 6. The Labute approximate surface area is 278 Å². The van der Waals surface area contributed by atoms with E-state index in [-0.39, 0.29) is 20.1 Å². The van der Waals surface area contributed by atoms with E-state index < -0.39 is 0 Å². The molecule has 0 spiro atoms. The first kappa shape index (κ1) is 30.5. The van der Waals surface area contributed by atoms with Crippen molar-refractivity contribution in [2.24, 2.45) is 0 Å². The van der Waals surface area contributed by atoms with Crippen molar-refractivity contribution in [2.75, 3.05) is 36.5 Å². The summed E-state index contributed by atoms with van der Waals surface area (Å²) < 4.78 is 8.13. The summed E-state index contributed by atoms with van der Waals surface area (Å²) in [7, 11) is 2.00. The van der Waals surface area contributed by atoms with Gasteiger partial charge in [0, 0.05) is 37.6 Å². The molecule has 0 amide bonds. The molecule has 45 heavy (non-hydrogen) atoms. The molecule has 4 aromatic carbocycles. The molecule has 8 rings (SSSR count). The number of hydrogen-bond donors (Lipinski definition) is 0. The third-order valence-electron chi connectivity index (χ3n) is 7.64. The largest absolute Gasteiger partial charge is 0.514 e. The van der Waals surface area contributed by atoms with E-state index in [9.17, 15) is 0 Å². The smallest absolute Gasteiger partial charge is 0.117 e. The summed E-state index contributed by atoms with van der Waals surface area (Å²) >= 11 is 0. The summed E-state index contributed by atoms with van der Waals surface area (Å²) in [6.45, 7) is 9.28. The van der Waals surface area contributed by atoms with E-state index in [1.165, 1.54) is 0 Å². The Balaban J connectivity index is 0.000000160. The monoisotopic (exact) mass is 770 g/mol. The number of rotatable bonds is 7. The van der Waals surface area contributed by atoms with Crippen LogP contribution in [0.4, 0.5) is 17.1 Å². The van der Waals surface area contributed by atoms with Crippen LogP contribution >= 0.6 is 0 Å². The van der Waals surface area contributed by atoms with Crippen molar-refractivity contribution in [3.63, 3.8) is 0 Å². The fourth-order valence-corrected chi connectivity index (χ4v) is 5.44. The van der Waals surface area contributed by atoms with Crippen LogP contribution in [-0.4, -0.2) is 52.2 Å². The minimum absolute atomic E-state index is 0. The molecule has 0 unspecified atom stereocenters. The van der Waals surface area contributed by atoms with Gasteiger partial charge in [0.1, 0.15) is 12.3 Å². The quantitative estimate of drug-likeness (QED) is 0.132. The predicted octanol–water partition coefficient (Wildman–Crippen LogP) is 6.97. The summed E-state index contributed by atoms with van der Waals surface area (Å²) in [6.07, 6.45) is 11.5. The molecule has 3 aliphatic heterocycles. The van der Waals surface area contributed by atoms with Crippen molar-refractivity contribution < 1.29 is 29.1 Å². The van der Waals surface area contributed by atoms with Gasteiger partial charge in [-0.3, -0.25) is 4.90 Å². The average Bonchev–Trinajstić information content (AvgIpc) is 3.89. The molecule has 231 valence electrons. The first-order valence-corrected chi connectivity index (χ1v) is 14.8. The van der Waals surface area contributed by atoms with E-state index in [1.807, 2.05) is 103 Å². The summed E-state index contributed by atoms with van der Waals surface area (Å²) in [5, 5.41) is 2.27. The summed E-state index contributed by atoms with van der Waals surface area (Å²) in [4.78, 5) is 10.7. The topological polar surface area (TPSA) is 32.4 Å². The van der Waals surface area contributed by atoms with Crippen molar-refractivity contribution in [3.8, 4) is 0 Å². The molecule has 5 aromatic rings. The molecule has 8 heteroatoms. The second-order valence-corrected chi connectivity index (χ2v) is 10.8. The number of furan rings is 1. The molecule has 1 radical (unpaired) electrons. The molecule has 0 N–H and O–H groups in total. The van der Waals surface area contributed by atoms with Crippen LogP contribution in [0.5, 0.6) is 0 Å². The Hall–Kier alpha value is -4.49. The Morgan fingerprint density at radius 2 is 1.60 bits per heavy atom. The molecule has 0 saturated carbocycles. The zero-order valence-electron chi connectivity index (χ0n) is 25.0. The van der Waals surface area contributed by atoms with Gasteiger partial charge in [-0.25, -0.2) is 0 Å². The van der Waals surface area contributed by atoms with Crippen molar-refractivity contribution in [3.05, 3.63) is 148 Å². The van der Waals surface area contributed by atoms with Crippen LogP contribution in [0.1, 0.15) is 6.42 Å². The molecule has 0 bridgehead atoms. The number of anilines is 2. The zero-order valence-corrected chi connectivity index (χ0v) is 27.4. The van der Waals surface area contributed by atoms with Crippen LogP contribution in [0.25, 0.3) is 21.9 Å². The van der Waals surface area contributed by atoms with Gasteiger partial charge in [0.25, 0.3) is 0 Å². The first-order valence-electron chi connectivity index (χ1n) is 14.8. The molecule has 4 heterocycles. The molecule has 1 aromatic heterocycles. The van der Waals surface area contributed by atoms with E-state index >= 15 is 0 Å². The number of fused-ring (bicyclic) bond motifs is 3.